The molecular weight excluding hydrogens is 267 g/mol. The molecule has 1 aromatic rings. The lowest BCUT2D eigenvalue weighted by atomic mass is 9.97. The number of aryl methyl sites for hydroxylation is 1. The first-order chi connectivity index (χ1) is 9.90. The summed E-state index contributed by atoms with van der Waals surface area (Å²) >= 11 is 0. The fourth-order valence-corrected chi connectivity index (χ4v) is 4.24. The van der Waals surface area contributed by atoms with Gasteiger partial charge in [0.15, 0.2) is 8.38 Å². The third kappa shape index (κ3) is 4.28. The predicted octanol–water partition coefficient (Wildman–Crippen LogP) is 5.07. The normalized spacial score (nSPS) is 19.9. The molecule has 0 amide bonds. The zero-order valence-corrected chi connectivity index (χ0v) is 13.1. The summed E-state index contributed by atoms with van der Waals surface area (Å²) in [5.74, 6) is 0. The standard InChI is InChI=1S/C17H25O2P/c1-2-7-15(8-3-1)9-6-14-20(18-16-10-4-11-16)19-17-12-5-13-17/h1-3,7-8,16-17H,4-6,9-14H2. The number of benzene rings is 1. The van der Waals surface area contributed by atoms with Gasteiger partial charge in [0, 0.05) is 6.16 Å². The van der Waals surface area contributed by atoms with Gasteiger partial charge in [0.05, 0.1) is 12.2 Å². The van der Waals surface area contributed by atoms with E-state index in [1.54, 1.807) is 0 Å². The van der Waals surface area contributed by atoms with Crippen LogP contribution in [0.5, 0.6) is 0 Å². The van der Waals surface area contributed by atoms with Crippen molar-refractivity contribution in [3.8, 4) is 0 Å². The van der Waals surface area contributed by atoms with Gasteiger partial charge in [0.25, 0.3) is 0 Å². The third-order valence-electron chi connectivity index (χ3n) is 4.29. The summed E-state index contributed by atoms with van der Waals surface area (Å²) in [4.78, 5) is 0. The van der Waals surface area contributed by atoms with Crippen LogP contribution in [0.15, 0.2) is 30.3 Å². The zero-order chi connectivity index (χ0) is 13.6. The zero-order valence-electron chi connectivity index (χ0n) is 12.2. The van der Waals surface area contributed by atoms with Crippen molar-refractivity contribution in [2.45, 2.75) is 63.6 Å². The van der Waals surface area contributed by atoms with Crippen LogP contribution in [0, 0.1) is 0 Å². The summed E-state index contributed by atoms with van der Waals surface area (Å²) < 4.78 is 12.3. The van der Waals surface area contributed by atoms with Gasteiger partial charge in [0.1, 0.15) is 0 Å². The molecule has 0 N–H and O–H groups in total. The van der Waals surface area contributed by atoms with Crippen molar-refractivity contribution < 1.29 is 9.05 Å². The molecule has 0 atom stereocenters. The fourth-order valence-electron chi connectivity index (χ4n) is 2.47. The largest absolute Gasteiger partial charge is 0.331 e. The highest BCUT2D eigenvalue weighted by Crippen LogP contribution is 2.48. The summed E-state index contributed by atoms with van der Waals surface area (Å²) in [6.45, 7) is 0. The molecule has 2 saturated carbocycles. The Labute approximate surface area is 123 Å². The molecule has 0 aliphatic heterocycles. The van der Waals surface area contributed by atoms with Gasteiger partial charge >= 0.3 is 0 Å². The van der Waals surface area contributed by atoms with Gasteiger partial charge in [-0.05, 0) is 56.9 Å². The Morgan fingerprint density at radius 1 is 0.900 bits per heavy atom. The molecule has 1 aromatic carbocycles. The third-order valence-corrected chi connectivity index (χ3v) is 6.03. The van der Waals surface area contributed by atoms with Gasteiger partial charge in [-0.3, -0.25) is 0 Å². The molecule has 110 valence electrons. The summed E-state index contributed by atoms with van der Waals surface area (Å²) in [6, 6.07) is 10.7. The first-order valence-electron chi connectivity index (χ1n) is 8.05. The van der Waals surface area contributed by atoms with Crippen LogP contribution >= 0.6 is 8.38 Å². The molecule has 0 bridgehead atoms. The molecule has 0 saturated heterocycles. The molecule has 2 fully saturated rings. The van der Waals surface area contributed by atoms with E-state index in [0.717, 1.165) is 12.6 Å². The van der Waals surface area contributed by atoms with Crippen LogP contribution in [0.1, 0.15) is 50.5 Å². The fraction of sp³-hybridized carbons (Fsp3) is 0.647. The van der Waals surface area contributed by atoms with Crippen molar-refractivity contribution in [3.63, 3.8) is 0 Å². The molecule has 3 heteroatoms. The van der Waals surface area contributed by atoms with Crippen LogP contribution in [0.25, 0.3) is 0 Å². The second-order valence-corrected chi connectivity index (χ2v) is 7.50. The lowest BCUT2D eigenvalue weighted by Crippen LogP contribution is -2.24. The van der Waals surface area contributed by atoms with Crippen LogP contribution in [-0.2, 0) is 15.5 Å². The van der Waals surface area contributed by atoms with Crippen LogP contribution < -0.4 is 0 Å². The van der Waals surface area contributed by atoms with Gasteiger partial charge in [-0.1, -0.05) is 30.3 Å². The Morgan fingerprint density at radius 3 is 2.00 bits per heavy atom. The summed E-state index contributed by atoms with van der Waals surface area (Å²) in [5.41, 5.74) is 1.43. The first-order valence-corrected chi connectivity index (χ1v) is 9.41. The molecule has 0 spiro atoms. The average Bonchev–Trinajstić information content (AvgIpc) is 2.38. The van der Waals surface area contributed by atoms with Gasteiger partial charge in [-0.15, -0.1) is 0 Å². The van der Waals surface area contributed by atoms with E-state index in [1.165, 1.54) is 50.5 Å². The minimum Gasteiger partial charge on any atom is -0.331 e. The quantitative estimate of drug-likeness (QED) is 0.623. The van der Waals surface area contributed by atoms with Crippen molar-refractivity contribution in [1.82, 2.24) is 0 Å². The van der Waals surface area contributed by atoms with Crippen molar-refractivity contribution in [1.29, 1.82) is 0 Å². The van der Waals surface area contributed by atoms with Crippen molar-refractivity contribution >= 4 is 8.38 Å². The second kappa shape index (κ2) is 7.54. The molecule has 0 radical (unpaired) electrons. The molecule has 0 heterocycles. The first kappa shape index (κ1) is 14.5. The highest BCUT2D eigenvalue weighted by molar-refractivity contribution is 7.47. The van der Waals surface area contributed by atoms with Gasteiger partial charge in [-0.25, -0.2) is 0 Å². The predicted molar refractivity (Wildman–Crippen MR) is 84.0 cm³/mol. The summed E-state index contributed by atoms with van der Waals surface area (Å²) in [5, 5.41) is 0. The maximum absolute atomic E-state index is 6.17. The van der Waals surface area contributed by atoms with Crippen molar-refractivity contribution in [2.24, 2.45) is 0 Å². The smallest absolute Gasteiger partial charge is 0.171 e. The molecule has 2 aliphatic carbocycles. The SMILES string of the molecule is c1ccc(CCCP(OC2CCC2)OC2CCC2)cc1. The van der Waals surface area contributed by atoms with E-state index in [0.29, 0.717) is 12.2 Å². The number of hydrogen-bond acceptors (Lipinski definition) is 2. The second-order valence-electron chi connectivity index (χ2n) is 5.96. The van der Waals surface area contributed by atoms with E-state index in [1.807, 2.05) is 0 Å². The monoisotopic (exact) mass is 292 g/mol. The van der Waals surface area contributed by atoms with E-state index >= 15 is 0 Å². The molecular formula is C17H25O2P. The Bertz CT molecular complexity index is 371. The molecule has 2 aliphatic rings. The average molecular weight is 292 g/mol. The van der Waals surface area contributed by atoms with Crippen molar-refractivity contribution in [3.05, 3.63) is 35.9 Å². The molecule has 2 nitrogen and oxygen atoms in total. The minimum atomic E-state index is -0.645. The Kier molecular flexibility index (Phi) is 5.47. The minimum absolute atomic E-state index is 0.498. The van der Waals surface area contributed by atoms with E-state index in [9.17, 15) is 0 Å². The topological polar surface area (TPSA) is 18.5 Å². The Hall–Kier alpha value is -0.430. The Morgan fingerprint density at radius 2 is 1.50 bits per heavy atom. The van der Waals surface area contributed by atoms with E-state index in [2.05, 4.69) is 30.3 Å². The lowest BCUT2D eigenvalue weighted by molar-refractivity contribution is 0.0702. The number of rotatable bonds is 8. The van der Waals surface area contributed by atoms with Gasteiger partial charge in [-0.2, -0.15) is 0 Å². The highest BCUT2D eigenvalue weighted by atomic mass is 31.2. The highest BCUT2D eigenvalue weighted by Gasteiger charge is 2.27. The van der Waals surface area contributed by atoms with Crippen LogP contribution in [0.4, 0.5) is 0 Å². The van der Waals surface area contributed by atoms with Crippen LogP contribution in [0.2, 0.25) is 0 Å². The maximum atomic E-state index is 6.17. The van der Waals surface area contributed by atoms with Crippen LogP contribution in [0.3, 0.4) is 0 Å². The summed E-state index contributed by atoms with van der Waals surface area (Å²) in [7, 11) is -0.645. The number of hydrogen-bond donors (Lipinski definition) is 0. The molecule has 0 unspecified atom stereocenters. The van der Waals surface area contributed by atoms with Crippen molar-refractivity contribution in [2.75, 3.05) is 6.16 Å². The molecule has 20 heavy (non-hydrogen) atoms. The van der Waals surface area contributed by atoms with Gasteiger partial charge < -0.3 is 9.05 Å². The molecule has 3 rings (SSSR count). The molecule has 0 aromatic heterocycles. The van der Waals surface area contributed by atoms with E-state index in [-0.39, 0.29) is 0 Å². The Balaban J connectivity index is 1.42. The van der Waals surface area contributed by atoms with Gasteiger partial charge in [0.2, 0.25) is 0 Å². The maximum Gasteiger partial charge on any atom is 0.171 e. The van der Waals surface area contributed by atoms with E-state index < -0.39 is 8.38 Å². The van der Waals surface area contributed by atoms with Crippen LogP contribution in [-0.4, -0.2) is 18.4 Å². The lowest BCUT2D eigenvalue weighted by Gasteiger charge is -2.34. The van der Waals surface area contributed by atoms with E-state index in [4.69, 9.17) is 9.05 Å². The summed E-state index contributed by atoms with van der Waals surface area (Å²) in [6.07, 6.45) is 12.0.